The van der Waals surface area contributed by atoms with Crippen LogP contribution in [0.15, 0.2) is 103 Å². The highest BCUT2D eigenvalue weighted by atomic mass is 28.4. The molecule has 0 aliphatic carbocycles. The van der Waals surface area contributed by atoms with Crippen LogP contribution in [-0.4, -0.2) is 40.0 Å². The van der Waals surface area contributed by atoms with E-state index in [1.165, 1.54) is 10.4 Å². The average Bonchev–Trinajstić information content (AvgIpc) is 2.85. The van der Waals surface area contributed by atoms with Crippen molar-refractivity contribution >= 4 is 18.7 Å². The first kappa shape index (κ1) is 26.1. The predicted molar refractivity (Wildman–Crippen MR) is 141 cm³/mol. The summed E-state index contributed by atoms with van der Waals surface area (Å²) in [4.78, 5) is 0. The standard InChI is InChI=1S/C29H36O4Si/c1-29(2,3)34(25-17-10-6-11-18-25,26-19-12-7-13-20-26)33-22-14-21-27(30)28(32-23-31-4)24-15-8-5-9-16-24/h5-21,27-28,30H,22-23H2,1-4H3/b21-14+/t27-,28-/m1/s1. The summed E-state index contributed by atoms with van der Waals surface area (Å²) in [7, 11) is -1.05. The second-order valence-corrected chi connectivity index (χ2v) is 13.6. The second kappa shape index (κ2) is 12.2. The average molecular weight is 477 g/mol. The summed E-state index contributed by atoms with van der Waals surface area (Å²) in [5.74, 6) is 0. The Labute approximate surface area is 205 Å². The quantitative estimate of drug-likeness (QED) is 0.244. The molecule has 4 nitrogen and oxygen atoms in total. The highest BCUT2D eigenvalue weighted by Crippen LogP contribution is 2.36. The summed E-state index contributed by atoms with van der Waals surface area (Å²) in [5.41, 5.74) is 0.893. The molecule has 0 aliphatic rings. The zero-order chi connectivity index (χ0) is 24.4. The molecule has 0 unspecified atom stereocenters. The minimum atomic E-state index is -2.62. The molecule has 34 heavy (non-hydrogen) atoms. The normalized spacial score (nSPS) is 14.3. The molecule has 0 amide bonds. The van der Waals surface area contributed by atoms with Crippen LogP contribution in [0.25, 0.3) is 0 Å². The number of benzene rings is 3. The molecule has 5 heteroatoms. The van der Waals surface area contributed by atoms with E-state index in [4.69, 9.17) is 13.9 Å². The van der Waals surface area contributed by atoms with Gasteiger partial charge in [0.2, 0.25) is 0 Å². The monoisotopic (exact) mass is 476 g/mol. The first-order valence-electron chi connectivity index (χ1n) is 11.7. The largest absolute Gasteiger partial charge is 0.404 e. The second-order valence-electron chi connectivity index (χ2n) is 9.30. The van der Waals surface area contributed by atoms with Gasteiger partial charge in [-0.15, -0.1) is 0 Å². The highest BCUT2D eigenvalue weighted by molar-refractivity contribution is 6.99. The molecular weight excluding hydrogens is 440 g/mol. The molecule has 0 heterocycles. The van der Waals surface area contributed by atoms with Gasteiger partial charge in [-0.05, 0) is 21.0 Å². The number of hydrogen-bond acceptors (Lipinski definition) is 4. The van der Waals surface area contributed by atoms with Crippen LogP contribution < -0.4 is 10.4 Å². The summed E-state index contributed by atoms with van der Waals surface area (Å²) in [5, 5.41) is 13.3. The van der Waals surface area contributed by atoms with E-state index in [1.54, 1.807) is 13.2 Å². The van der Waals surface area contributed by atoms with E-state index in [0.717, 1.165) is 5.56 Å². The molecule has 0 fully saturated rings. The van der Waals surface area contributed by atoms with Crippen molar-refractivity contribution in [3.05, 3.63) is 109 Å². The molecule has 3 aromatic rings. The van der Waals surface area contributed by atoms with E-state index in [2.05, 4.69) is 69.3 Å². The van der Waals surface area contributed by atoms with Crippen LogP contribution in [0, 0.1) is 0 Å². The molecule has 0 aliphatic heterocycles. The lowest BCUT2D eigenvalue weighted by atomic mass is 10.0. The third-order valence-corrected chi connectivity index (χ3v) is 11.0. The summed E-state index contributed by atoms with van der Waals surface area (Å²) in [6, 6.07) is 30.8. The number of aliphatic hydroxyl groups excluding tert-OH is 1. The van der Waals surface area contributed by atoms with E-state index in [0.29, 0.717) is 6.61 Å². The van der Waals surface area contributed by atoms with E-state index in [1.807, 2.05) is 48.5 Å². The lowest BCUT2D eigenvalue weighted by molar-refractivity contribution is -0.104. The third-order valence-electron chi connectivity index (χ3n) is 5.95. The first-order valence-corrected chi connectivity index (χ1v) is 13.6. The van der Waals surface area contributed by atoms with Crippen LogP contribution in [0.4, 0.5) is 0 Å². The summed E-state index contributed by atoms with van der Waals surface area (Å²) < 4.78 is 17.7. The molecule has 0 bridgehead atoms. The Bertz CT molecular complexity index is 961. The maximum Gasteiger partial charge on any atom is 0.261 e. The Morgan fingerprint density at radius 2 is 1.32 bits per heavy atom. The van der Waals surface area contributed by atoms with Crippen LogP contribution in [0.3, 0.4) is 0 Å². The zero-order valence-corrected chi connectivity index (χ0v) is 21.6. The van der Waals surface area contributed by atoms with E-state index in [9.17, 15) is 5.11 Å². The van der Waals surface area contributed by atoms with Crippen molar-refractivity contribution in [1.82, 2.24) is 0 Å². The number of methoxy groups -OCH3 is 1. The minimum absolute atomic E-state index is 0.100. The van der Waals surface area contributed by atoms with E-state index in [-0.39, 0.29) is 11.8 Å². The zero-order valence-electron chi connectivity index (χ0n) is 20.6. The topological polar surface area (TPSA) is 47.9 Å². The molecule has 0 spiro atoms. The van der Waals surface area contributed by atoms with Gasteiger partial charge in [0, 0.05) is 7.11 Å². The molecule has 0 radical (unpaired) electrons. The lowest BCUT2D eigenvalue weighted by Gasteiger charge is -2.42. The number of aliphatic hydroxyl groups is 1. The van der Waals surface area contributed by atoms with Gasteiger partial charge in [0.25, 0.3) is 8.32 Å². The van der Waals surface area contributed by atoms with Crippen molar-refractivity contribution in [1.29, 1.82) is 0 Å². The van der Waals surface area contributed by atoms with Gasteiger partial charge in [0.05, 0.1) is 6.61 Å². The molecule has 0 aromatic heterocycles. The van der Waals surface area contributed by atoms with Crippen molar-refractivity contribution < 1.29 is 19.0 Å². The van der Waals surface area contributed by atoms with Gasteiger partial charge in [-0.1, -0.05) is 124 Å². The van der Waals surface area contributed by atoms with Crippen LogP contribution in [-0.2, 0) is 13.9 Å². The molecule has 1 N–H and O–H groups in total. The Morgan fingerprint density at radius 1 is 0.824 bits per heavy atom. The van der Waals surface area contributed by atoms with E-state index >= 15 is 0 Å². The summed E-state index contributed by atoms with van der Waals surface area (Å²) in [6.07, 6.45) is 2.30. The fraction of sp³-hybridized carbons (Fsp3) is 0.310. The van der Waals surface area contributed by atoms with Crippen LogP contribution >= 0.6 is 0 Å². The van der Waals surface area contributed by atoms with Crippen molar-refractivity contribution in [2.45, 2.75) is 38.0 Å². The van der Waals surface area contributed by atoms with E-state index < -0.39 is 20.5 Å². The minimum Gasteiger partial charge on any atom is -0.404 e. The van der Waals surface area contributed by atoms with Gasteiger partial charge in [-0.3, -0.25) is 0 Å². The SMILES string of the molecule is COCO[C@H](c1ccccc1)[C@H](O)/C=C/CO[Si](c1ccccc1)(c1ccccc1)C(C)(C)C. The predicted octanol–water partition coefficient (Wildman–Crippen LogP) is 4.84. The highest BCUT2D eigenvalue weighted by Gasteiger charge is 2.49. The number of hydrogen-bond donors (Lipinski definition) is 1. The molecule has 3 aromatic carbocycles. The van der Waals surface area contributed by atoms with Gasteiger partial charge in [0.15, 0.2) is 0 Å². The van der Waals surface area contributed by atoms with Gasteiger partial charge < -0.3 is 19.0 Å². The van der Waals surface area contributed by atoms with Crippen molar-refractivity contribution in [3.8, 4) is 0 Å². The maximum absolute atomic E-state index is 10.9. The molecular formula is C29H36O4Si. The van der Waals surface area contributed by atoms with Crippen molar-refractivity contribution in [3.63, 3.8) is 0 Å². The van der Waals surface area contributed by atoms with Gasteiger partial charge >= 0.3 is 0 Å². The molecule has 0 saturated heterocycles. The fourth-order valence-corrected chi connectivity index (χ4v) is 8.91. The van der Waals surface area contributed by atoms with Crippen LogP contribution in [0.1, 0.15) is 32.4 Å². The summed E-state index contributed by atoms with van der Waals surface area (Å²) in [6.45, 7) is 7.24. The fourth-order valence-electron chi connectivity index (χ4n) is 4.41. The molecule has 2 atom stereocenters. The molecule has 3 rings (SSSR count). The third kappa shape index (κ3) is 6.12. The molecule has 0 saturated carbocycles. The van der Waals surface area contributed by atoms with Crippen LogP contribution in [0.2, 0.25) is 5.04 Å². The van der Waals surface area contributed by atoms with Crippen molar-refractivity contribution in [2.75, 3.05) is 20.5 Å². The van der Waals surface area contributed by atoms with Gasteiger partial charge in [-0.25, -0.2) is 0 Å². The smallest absolute Gasteiger partial charge is 0.261 e. The lowest BCUT2D eigenvalue weighted by Crippen LogP contribution is -2.66. The Kier molecular flexibility index (Phi) is 9.39. The van der Waals surface area contributed by atoms with Crippen LogP contribution in [0.5, 0.6) is 0 Å². The number of rotatable bonds is 11. The Balaban J connectivity index is 1.85. The first-order chi connectivity index (χ1) is 16.4. The Morgan fingerprint density at radius 3 is 1.79 bits per heavy atom. The van der Waals surface area contributed by atoms with Gasteiger partial charge in [0.1, 0.15) is 19.0 Å². The Hall–Kier alpha value is -2.54. The molecule has 180 valence electrons. The van der Waals surface area contributed by atoms with Crippen molar-refractivity contribution in [2.24, 2.45) is 0 Å². The van der Waals surface area contributed by atoms with Gasteiger partial charge in [-0.2, -0.15) is 0 Å². The maximum atomic E-state index is 10.9. The number of ether oxygens (including phenoxy) is 2. The summed E-state index contributed by atoms with van der Waals surface area (Å²) >= 11 is 0.